The minimum absolute atomic E-state index is 0.000208. The van der Waals surface area contributed by atoms with Gasteiger partial charge in [-0.2, -0.15) is 0 Å². The van der Waals surface area contributed by atoms with E-state index in [0.717, 1.165) is 25.7 Å². The molecule has 4 nitrogen and oxygen atoms in total. The van der Waals surface area contributed by atoms with Gasteiger partial charge < -0.3 is 15.2 Å². The molecule has 0 heterocycles. The maximum atomic E-state index is 12.1. The van der Waals surface area contributed by atoms with E-state index in [2.05, 4.69) is 5.32 Å². The summed E-state index contributed by atoms with van der Waals surface area (Å²) in [5.41, 5.74) is 0.143. The second-order valence-electron chi connectivity index (χ2n) is 5.12. The van der Waals surface area contributed by atoms with Gasteiger partial charge in [0.05, 0.1) is 29.4 Å². The number of carbonyl (C=O) groups excluding carboxylic acids is 1. The molecule has 0 unspecified atom stereocenters. The third-order valence-corrected chi connectivity index (χ3v) is 4.03. The molecule has 1 amide bonds. The largest absolute Gasteiger partial charge is 0.394 e. The summed E-state index contributed by atoms with van der Waals surface area (Å²) < 4.78 is 5.76. The van der Waals surface area contributed by atoms with E-state index in [-0.39, 0.29) is 18.1 Å². The zero-order valence-corrected chi connectivity index (χ0v) is 12.2. The molecule has 20 heavy (non-hydrogen) atoms. The third kappa shape index (κ3) is 3.72. The van der Waals surface area contributed by atoms with Gasteiger partial charge in [-0.25, -0.2) is 0 Å². The van der Waals surface area contributed by atoms with Crippen molar-refractivity contribution in [2.45, 2.75) is 31.3 Å². The fraction of sp³-hybridized carbons (Fsp3) is 0.533. The Balaban J connectivity index is 1.96. The second-order valence-corrected chi connectivity index (χ2v) is 5.53. The first-order valence-electron chi connectivity index (χ1n) is 6.94. The number of ether oxygens (including phenoxy) is 1. The highest BCUT2D eigenvalue weighted by Crippen LogP contribution is 2.32. The van der Waals surface area contributed by atoms with Gasteiger partial charge in [-0.3, -0.25) is 4.79 Å². The van der Waals surface area contributed by atoms with Crippen LogP contribution in [0.1, 0.15) is 36.0 Å². The van der Waals surface area contributed by atoms with Crippen LogP contribution in [-0.4, -0.2) is 36.4 Å². The number of hydrogen-bond acceptors (Lipinski definition) is 3. The number of hydrogen-bond donors (Lipinski definition) is 2. The van der Waals surface area contributed by atoms with Crippen molar-refractivity contribution in [3.8, 4) is 0 Å². The normalized spacial score (nSPS) is 17.1. The summed E-state index contributed by atoms with van der Waals surface area (Å²) in [6.07, 6.45) is 4.01. The fourth-order valence-electron chi connectivity index (χ4n) is 2.64. The molecule has 0 radical (unpaired) electrons. The first-order valence-corrected chi connectivity index (χ1v) is 7.32. The van der Waals surface area contributed by atoms with Crippen molar-refractivity contribution in [2.24, 2.45) is 0 Å². The number of benzene rings is 1. The van der Waals surface area contributed by atoms with Crippen LogP contribution in [0.4, 0.5) is 0 Å². The molecule has 2 N–H and O–H groups in total. The minimum Gasteiger partial charge on any atom is -0.394 e. The molecule has 1 fully saturated rings. The van der Waals surface area contributed by atoms with Crippen LogP contribution in [0, 0.1) is 0 Å². The Labute approximate surface area is 124 Å². The van der Waals surface area contributed by atoms with Gasteiger partial charge in [0.15, 0.2) is 0 Å². The number of aliphatic hydroxyl groups is 1. The lowest BCUT2D eigenvalue weighted by Gasteiger charge is -2.29. The highest BCUT2D eigenvalue weighted by atomic mass is 35.5. The van der Waals surface area contributed by atoms with E-state index >= 15 is 0 Å². The van der Waals surface area contributed by atoms with Crippen molar-refractivity contribution in [1.29, 1.82) is 0 Å². The summed E-state index contributed by atoms with van der Waals surface area (Å²) in [4.78, 5) is 12.1. The van der Waals surface area contributed by atoms with E-state index in [9.17, 15) is 4.79 Å². The van der Waals surface area contributed by atoms with E-state index in [4.69, 9.17) is 21.4 Å². The molecule has 0 atom stereocenters. The molecule has 0 bridgehead atoms. The average molecular weight is 298 g/mol. The van der Waals surface area contributed by atoms with E-state index in [0.29, 0.717) is 23.7 Å². The van der Waals surface area contributed by atoms with Gasteiger partial charge >= 0.3 is 0 Å². The zero-order valence-electron chi connectivity index (χ0n) is 11.4. The highest BCUT2D eigenvalue weighted by molar-refractivity contribution is 6.33. The maximum Gasteiger partial charge on any atom is 0.252 e. The summed E-state index contributed by atoms with van der Waals surface area (Å²) >= 11 is 6.01. The Morgan fingerprint density at radius 3 is 2.70 bits per heavy atom. The van der Waals surface area contributed by atoms with Crippen molar-refractivity contribution in [1.82, 2.24) is 5.32 Å². The van der Waals surface area contributed by atoms with Crippen molar-refractivity contribution < 1.29 is 14.6 Å². The van der Waals surface area contributed by atoms with Crippen molar-refractivity contribution in [2.75, 3.05) is 19.8 Å². The van der Waals surface area contributed by atoms with Gasteiger partial charge in [0, 0.05) is 6.54 Å². The predicted molar refractivity (Wildman–Crippen MR) is 78.0 cm³/mol. The Hall–Kier alpha value is -1.10. The maximum absolute atomic E-state index is 12.1. The van der Waals surface area contributed by atoms with Gasteiger partial charge in [0.1, 0.15) is 0 Å². The van der Waals surface area contributed by atoms with Gasteiger partial charge in [-0.15, -0.1) is 0 Å². The summed E-state index contributed by atoms with van der Waals surface area (Å²) in [6.45, 7) is 0.763. The number of nitrogens with one attached hydrogen (secondary N) is 1. The van der Waals surface area contributed by atoms with Crippen LogP contribution in [0.25, 0.3) is 0 Å². The number of amides is 1. The molecule has 1 aliphatic carbocycles. The summed E-state index contributed by atoms with van der Waals surface area (Å²) in [7, 11) is 0. The highest BCUT2D eigenvalue weighted by Gasteiger charge is 2.35. The molecule has 0 spiro atoms. The van der Waals surface area contributed by atoms with Crippen LogP contribution >= 0.6 is 11.6 Å². The molecular weight excluding hydrogens is 278 g/mol. The quantitative estimate of drug-likeness (QED) is 0.847. The minimum atomic E-state index is -0.334. The lowest BCUT2D eigenvalue weighted by Crippen LogP contribution is -2.43. The molecule has 0 saturated heterocycles. The number of halogens is 1. The summed E-state index contributed by atoms with van der Waals surface area (Å²) in [5.74, 6) is -0.186. The van der Waals surface area contributed by atoms with Crippen molar-refractivity contribution >= 4 is 17.5 Å². The van der Waals surface area contributed by atoms with Crippen LogP contribution in [0.2, 0.25) is 5.02 Å². The third-order valence-electron chi connectivity index (χ3n) is 3.70. The molecule has 5 heteroatoms. The van der Waals surface area contributed by atoms with Gasteiger partial charge in [0.25, 0.3) is 5.91 Å². The standard InChI is InChI=1S/C15H20ClNO3/c16-13-6-2-1-5-12(13)14(19)17-11-15(20-10-9-18)7-3-4-8-15/h1-2,5-6,18H,3-4,7-11H2,(H,17,19). The molecule has 1 saturated carbocycles. The molecule has 110 valence electrons. The zero-order chi connectivity index (χ0) is 14.4. The smallest absolute Gasteiger partial charge is 0.252 e. The average Bonchev–Trinajstić information content (AvgIpc) is 2.92. The van der Waals surface area contributed by atoms with E-state index in [1.807, 2.05) is 0 Å². The van der Waals surface area contributed by atoms with E-state index in [1.165, 1.54) is 0 Å². The molecule has 2 rings (SSSR count). The summed E-state index contributed by atoms with van der Waals surface area (Å²) in [5, 5.41) is 12.3. The van der Waals surface area contributed by atoms with Gasteiger partial charge in [-0.1, -0.05) is 36.6 Å². The Morgan fingerprint density at radius 2 is 2.05 bits per heavy atom. The van der Waals surface area contributed by atoms with Crippen LogP contribution in [-0.2, 0) is 4.74 Å². The van der Waals surface area contributed by atoms with Crippen LogP contribution < -0.4 is 5.32 Å². The second kappa shape index (κ2) is 7.07. The van der Waals surface area contributed by atoms with Crippen molar-refractivity contribution in [3.63, 3.8) is 0 Å². The molecule has 1 aliphatic rings. The van der Waals surface area contributed by atoms with Crippen molar-refractivity contribution in [3.05, 3.63) is 34.9 Å². The first-order chi connectivity index (χ1) is 9.67. The van der Waals surface area contributed by atoms with Crippen LogP contribution in [0.3, 0.4) is 0 Å². The lowest BCUT2D eigenvalue weighted by molar-refractivity contribution is -0.0511. The molecule has 0 aliphatic heterocycles. The van der Waals surface area contributed by atoms with Crippen LogP contribution in [0.15, 0.2) is 24.3 Å². The first kappa shape index (κ1) is 15.3. The van der Waals surface area contributed by atoms with E-state index < -0.39 is 0 Å². The Bertz CT molecular complexity index is 458. The predicted octanol–water partition coefficient (Wildman–Crippen LogP) is 2.39. The monoisotopic (exact) mass is 297 g/mol. The fourth-order valence-corrected chi connectivity index (χ4v) is 2.86. The Morgan fingerprint density at radius 1 is 1.35 bits per heavy atom. The van der Waals surface area contributed by atoms with Crippen LogP contribution in [0.5, 0.6) is 0 Å². The van der Waals surface area contributed by atoms with Gasteiger partial charge in [-0.05, 0) is 25.0 Å². The molecule has 1 aromatic carbocycles. The Kier molecular flexibility index (Phi) is 5.40. The molecular formula is C15H20ClNO3. The molecule has 1 aromatic rings. The number of aliphatic hydroxyl groups excluding tert-OH is 1. The summed E-state index contributed by atoms with van der Waals surface area (Å²) in [6, 6.07) is 6.98. The van der Waals surface area contributed by atoms with E-state index in [1.54, 1.807) is 24.3 Å². The lowest BCUT2D eigenvalue weighted by atomic mass is 10.0. The number of rotatable bonds is 6. The van der Waals surface area contributed by atoms with Gasteiger partial charge in [0.2, 0.25) is 0 Å². The topological polar surface area (TPSA) is 58.6 Å². The molecule has 0 aromatic heterocycles. The SMILES string of the molecule is O=C(NCC1(OCCO)CCCC1)c1ccccc1Cl. The number of carbonyl (C=O) groups is 1.